The lowest BCUT2D eigenvalue weighted by Gasteiger charge is -2.55. The summed E-state index contributed by atoms with van der Waals surface area (Å²) in [7, 11) is 8.12. The van der Waals surface area contributed by atoms with Gasteiger partial charge in [0.25, 0.3) is 22.9 Å². The number of nitrogens with zero attached hydrogens (tertiary/aromatic N) is 15. The number of likely N-dealkylation sites (N-methyl/N-ethyl adjacent to an activating group) is 1. The Balaban J connectivity index is 0.498. The minimum absolute atomic E-state index is 0.0935. The summed E-state index contributed by atoms with van der Waals surface area (Å²) in [5.41, 5.74) is 8.38. The van der Waals surface area contributed by atoms with Crippen LogP contribution in [0.3, 0.4) is 0 Å². The molecule has 12 heterocycles. The zero-order valence-electron chi connectivity index (χ0n) is 61.8. The number of pyridine rings is 4. The summed E-state index contributed by atoms with van der Waals surface area (Å²) in [4.78, 5) is 136. The van der Waals surface area contributed by atoms with E-state index >= 15 is 0 Å². The van der Waals surface area contributed by atoms with E-state index in [1.807, 2.05) is 38.4 Å². The highest BCUT2D eigenvalue weighted by atomic mass is 35.5. The highest BCUT2D eigenvalue weighted by Gasteiger charge is 2.50. The number of hydrazine groups is 1. The van der Waals surface area contributed by atoms with Crippen molar-refractivity contribution in [3.05, 3.63) is 128 Å². The molecule has 7 atom stereocenters. The van der Waals surface area contributed by atoms with Gasteiger partial charge in [-0.1, -0.05) is 37.0 Å². The van der Waals surface area contributed by atoms with E-state index in [2.05, 4.69) is 93.0 Å². The van der Waals surface area contributed by atoms with Crippen LogP contribution in [0.25, 0.3) is 43.9 Å². The summed E-state index contributed by atoms with van der Waals surface area (Å²) in [6, 6.07) is 19.2. The number of aryl methyl sites for hydroxylation is 4. The number of aromatic nitrogens is 12. The van der Waals surface area contributed by atoms with Gasteiger partial charge in [-0.25, -0.2) is 19.9 Å². The van der Waals surface area contributed by atoms with Crippen LogP contribution in [-0.4, -0.2) is 157 Å². The van der Waals surface area contributed by atoms with Crippen LogP contribution in [0.4, 0.5) is 46.3 Å². The van der Waals surface area contributed by atoms with Crippen molar-refractivity contribution < 1.29 is 38.2 Å². The molecule has 8 aromatic heterocycles. The lowest BCUT2D eigenvalue weighted by Crippen LogP contribution is -2.60. The number of benzene rings is 2. The minimum atomic E-state index is -1.29. The van der Waals surface area contributed by atoms with Gasteiger partial charge in [0.15, 0.2) is 35.8 Å². The molecule has 6 amide bonds. The first-order valence-electron chi connectivity index (χ1n) is 36.8. The van der Waals surface area contributed by atoms with E-state index in [1.54, 1.807) is 46.3 Å². The van der Waals surface area contributed by atoms with Gasteiger partial charge in [-0.3, -0.25) is 77.9 Å². The molecule has 2 spiro atoms. The molecule has 32 nitrogen and oxygen atoms in total. The van der Waals surface area contributed by atoms with Gasteiger partial charge in [0, 0.05) is 130 Å². The summed E-state index contributed by atoms with van der Waals surface area (Å²) in [6.45, 7) is 8.47. The first kappa shape index (κ1) is 72.6. The zero-order valence-corrected chi connectivity index (χ0v) is 63.3. The predicted molar refractivity (Wildman–Crippen MR) is 413 cm³/mol. The highest BCUT2D eigenvalue weighted by molar-refractivity contribution is 6.33. The molecule has 7 N–H and O–H groups in total. The normalized spacial score (nSPS) is 21.1. The first-order chi connectivity index (χ1) is 52.7. The van der Waals surface area contributed by atoms with E-state index in [4.69, 9.17) is 52.8 Å². The predicted octanol–water partition coefficient (Wildman–Crippen LogP) is 7.92. The number of rotatable bonds is 18. The number of imide groups is 2. The van der Waals surface area contributed by atoms with E-state index in [0.29, 0.717) is 93.0 Å². The molecule has 2 saturated carbocycles. The number of anilines is 8. The van der Waals surface area contributed by atoms with Gasteiger partial charge >= 0.3 is 0 Å². The molecule has 110 heavy (non-hydrogen) atoms. The van der Waals surface area contributed by atoms with Crippen LogP contribution in [-0.2, 0) is 57.0 Å². The maximum atomic E-state index is 13.7. The molecule has 34 heteroatoms. The number of halogens is 2. The number of ether oxygens (including phenoxy) is 2. The van der Waals surface area contributed by atoms with E-state index in [-0.39, 0.29) is 80.9 Å². The Hall–Kier alpha value is -11.5. The van der Waals surface area contributed by atoms with Crippen molar-refractivity contribution >= 4 is 149 Å². The molecular weight excluding hydrogens is 1450 g/mol. The molecule has 10 aromatic rings. The van der Waals surface area contributed by atoms with Crippen molar-refractivity contribution in [1.82, 2.24) is 79.7 Å². The summed E-state index contributed by atoms with van der Waals surface area (Å²) < 4.78 is 18.0. The molecule has 0 bridgehead atoms. The molecule has 6 aliphatic rings. The topological polar surface area (TPSA) is 372 Å². The van der Waals surface area contributed by atoms with Crippen molar-refractivity contribution in [2.45, 2.75) is 115 Å². The zero-order chi connectivity index (χ0) is 76.9. The quantitative estimate of drug-likeness (QED) is 0.0317. The molecule has 570 valence electrons. The molecule has 4 saturated heterocycles. The number of carbonyl (C=O) groups is 6. The minimum Gasteiger partial charge on any atom is -0.478 e. The second-order valence-electron chi connectivity index (χ2n) is 30.6. The molecule has 2 aliphatic carbocycles. The number of hydrogen-bond acceptors (Lipinski definition) is 24. The number of hydrogen-bond donors (Lipinski definition) is 7. The largest absolute Gasteiger partial charge is 0.478 e. The standard InChI is InChI=1S/C76H82Cl2N22O10/c1-38-27-75(19-17-53(38)83-43-9-11-47-55(25-43)96(6)91-62(47)49-13-15-59(101)87-69(49)105)34-99(35-75)73-81-31-51(77)64(89-73)85-45-21-41-23-57(71(107)94(4)66(41)79-29-45)109-33-61(103)98(8)93-68(104)40(3)110-58-24-42-22-46(30-80-67(42)95(5)72(58)108)86-65-52(78)32-82-74(90-65)100-36-76(37-100)20-18-54(39(2)28-76)84-44-10-12-48-56(26-44)97(7)92-63(48)50-14-16-60(102)88-70(50)106/h9-12,21-26,29-32,38-40,49-50,53-54,83-84H,13-20,27-28,33-37H2,1-8H3,(H,93,104)(H,81,85,89)(H,82,86,90)(H,87,101,105)(H,88,102,106)/t38-,39-,40?,49?,50?,53-,54-/m1/s1. The van der Waals surface area contributed by atoms with Crippen LogP contribution in [0, 0.1) is 22.7 Å². The average Bonchev–Trinajstić information content (AvgIpc) is 1.42. The Bertz CT molecular complexity index is 5600. The Morgan fingerprint density at radius 2 is 1.05 bits per heavy atom. The smallest absolute Gasteiger partial charge is 0.294 e. The maximum absolute atomic E-state index is 13.7. The fourth-order valence-corrected chi connectivity index (χ4v) is 17.3. The molecular formula is C76H82Cl2N22O10. The maximum Gasteiger partial charge on any atom is 0.294 e. The van der Waals surface area contributed by atoms with Crippen LogP contribution in [0.1, 0.15) is 108 Å². The van der Waals surface area contributed by atoms with Gasteiger partial charge < -0.3 is 40.5 Å². The van der Waals surface area contributed by atoms with Crippen LogP contribution in [0.2, 0.25) is 10.0 Å². The van der Waals surface area contributed by atoms with Crippen molar-refractivity contribution in [1.29, 1.82) is 0 Å². The Morgan fingerprint density at radius 3 is 1.51 bits per heavy atom. The van der Waals surface area contributed by atoms with Crippen molar-refractivity contribution in [2.75, 3.05) is 70.9 Å². The lowest BCUT2D eigenvalue weighted by atomic mass is 9.64. The van der Waals surface area contributed by atoms with Crippen LogP contribution < -0.4 is 67.7 Å². The van der Waals surface area contributed by atoms with E-state index in [1.165, 1.54) is 49.3 Å². The van der Waals surface area contributed by atoms with Crippen molar-refractivity contribution in [3.63, 3.8) is 0 Å². The van der Waals surface area contributed by atoms with E-state index in [9.17, 15) is 38.4 Å². The molecule has 4 aliphatic heterocycles. The highest BCUT2D eigenvalue weighted by Crippen LogP contribution is 2.50. The second kappa shape index (κ2) is 28.5. The molecule has 3 unspecified atom stereocenters. The molecule has 16 rings (SSSR count). The Labute approximate surface area is 639 Å². The lowest BCUT2D eigenvalue weighted by molar-refractivity contribution is -0.143. The summed E-state index contributed by atoms with van der Waals surface area (Å²) in [5, 5.41) is 32.7. The first-order valence-corrected chi connectivity index (χ1v) is 37.6. The number of carbonyl (C=O) groups excluding carboxylic acids is 6. The third kappa shape index (κ3) is 13.9. The monoisotopic (exact) mass is 1530 g/mol. The van der Waals surface area contributed by atoms with Crippen LogP contribution in [0.15, 0.2) is 95.0 Å². The van der Waals surface area contributed by atoms with Crippen LogP contribution >= 0.6 is 23.2 Å². The average molecular weight is 1530 g/mol. The summed E-state index contributed by atoms with van der Waals surface area (Å²) >= 11 is 13.4. The number of piperidine rings is 2. The summed E-state index contributed by atoms with van der Waals surface area (Å²) in [6.07, 6.45) is 12.4. The van der Waals surface area contributed by atoms with Gasteiger partial charge in [0.1, 0.15) is 21.3 Å². The molecule has 6 fully saturated rings. The summed E-state index contributed by atoms with van der Waals surface area (Å²) in [5.74, 6) is -1.37. The van der Waals surface area contributed by atoms with E-state index in [0.717, 1.165) is 103 Å². The number of fused-ring (bicyclic) bond motifs is 4. The van der Waals surface area contributed by atoms with Crippen molar-refractivity contribution in [2.24, 2.45) is 50.9 Å². The second-order valence-corrected chi connectivity index (χ2v) is 31.4. The number of amides is 6. The third-order valence-electron chi connectivity index (χ3n) is 22.8. The fraction of sp³-hybridized carbons (Fsp3) is 0.421. The van der Waals surface area contributed by atoms with Crippen LogP contribution in [0.5, 0.6) is 11.5 Å². The van der Waals surface area contributed by atoms with Gasteiger partial charge in [-0.05, 0) is 131 Å². The van der Waals surface area contributed by atoms with E-state index < -0.39 is 47.5 Å². The van der Waals surface area contributed by atoms with Gasteiger partial charge in [0.05, 0.1) is 70.4 Å². The van der Waals surface area contributed by atoms with Gasteiger partial charge in [-0.15, -0.1) is 0 Å². The SMILES string of the molecule is CC(Oc1cc2cc(Nc3nc(N4CC5(CC[C@@H](Nc6ccc7c(C8CCC(=O)NC8=O)nn(C)c7c6)[C@H](C)C5)C4)ncc3Cl)cnc2n(C)c1=O)C(=O)NN(C)C(=O)COc1cc2cc(Nc3nc(N4CC5(CC[C@@H](Nc6ccc7c(C8CCC(=O)NC8=O)nn(C)c7c6)[C@H](C)C5)C4)ncc3Cl)cnc2n(C)c1=O. The molecule has 0 radical (unpaired) electrons. The van der Waals surface area contributed by atoms with Crippen molar-refractivity contribution in [3.8, 4) is 11.5 Å². The third-order valence-corrected chi connectivity index (χ3v) is 23.4. The van der Waals surface area contributed by atoms with Gasteiger partial charge in [-0.2, -0.15) is 20.2 Å². The van der Waals surface area contributed by atoms with Gasteiger partial charge in [0.2, 0.25) is 35.5 Å². The number of nitrogens with one attached hydrogen (secondary N) is 7. The Kier molecular flexibility index (Phi) is 18.8. The molecule has 2 aromatic carbocycles. The fourth-order valence-electron chi connectivity index (χ4n) is 17.0. The Morgan fingerprint density at radius 1 is 0.600 bits per heavy atom.